The van der Waals surface area contributed by atoms with E-state index in [1.54, 1.807) is 11.8 Å². The van der Waals surface area contributed by atoms with Crippen molar-refractivity contribution in [2.24, 2.45) is 0 Å². The quantitative estimate of drug-likeness (QED) is 0.530. The summed E-state index contributed by atoms with van der Waals surface area (Å²) in [6, 6.07) is 9.28. The second-order valence-electron chi connectivity index (χ2n) is 9.89. The summed E-state index contributed by atoms with van der Waals surface area (Å²) in [5.41, 5.74) is 0.882. The lowest BCUT2D eigenvalue weighted by Gasteiger charge is -2.43. The van der Waals surface area contributed by atoms with Crippen LogP contribution in [0.15, 0.2) is 30.3 Å². The third-order valence-electron chi connectivity index (χ3n) is 7.05. The Morgan fingerprint density at radius 2 is 1.76 bits per heavy atom. The molecular weight excluding hydrogens is 432 g/mol. The zero-order valence-electron chi connectivity index (χ0n) is 20.5. The smallest absolute Gasteiger partial charge is 0.358 e. The van der Waals surface area contributed by atoms with Crippen LogP contribution in [-0.2, 0) is 16.1 Å². The molecule has 0 saturated heterocycles. The molecular formula is C26H34N4O4. The van der Waals surface area contributed by atoms with Gasteiger partial charge >= 0.3 is 5.97 Å². The number of fused-ring (bicyclic) bond motifs is 1. The number of amides is 2. The van der Waals surface area contributed by atoms with E-state index in [1.165, 1.54) is 30.7 Å². The van der Waals surface area contributed by atoms with Gasteiger partial charge in [0.25, 0.3) is 5.91 Å². The van der Waals surface area contributed by atoms with Crippen LogP contribution in [0.3, 0.4) is 0 Å². The third kappa shape index (κ3) is 4.45. The van der Waals surface area contributed by atoms with Gasteiger partial charge in [-0.1, -0.05) is 51.7 Å². The number of methoxy groups -OCH3 is 1. The summed E-state index contributed by atoms with van der Waals surface area (Å²) in [4.78, 5) is 41.2. The number of nitrogens with zero attached hydrogens (tertiary/aromatic N) is 3. The van der Waals surface area contributed by atoms with E-state index >= 15 is 0 Å². The number of esters is 1. The summed E-state index contributed by atoms with van der Waals surface area (Å²) in [5, 5.41) is 7.52. The van der Waals surface area contributed by atoms with Crippen molar-refractivity contribution in [3.8, 4) is 0 Å². The van der Waals surface area contributed by atoms with Gasteiger partial charge in [0.2, 0.25) is 5.91 Å². The Kier molecular flexibility index (Phi) is 6.77. The molecule has 8 nitrogen and oxygen atoms in total. The standard InChI is InChI=1S/C26H34N4O4/c1-17(2)18-11-13-20(14-12-18)30-23(31)22-15-21(24(32)34-4)28-29(22)16-26(30,3)25(33)27-19-9-7-5-6-8-10-19/h11-15,17,19H,5-10,16H2,1-4H3,(H,27,33)/t26-/m1/s1. The molecule has 1 fully saturated rings. The van der Waals surface area contributed by atoms with Gasteiger partial charge in [-0.05, 0) is 43.4 Å². The van der Waals surface area contributed by atoms with E-state index < -0.39 is 11.5 Å². The summed E-state index contributed by atoms with van der Waals surface area (Å²) in [7, 11) is 1.27. The van der Waals surface area contributed by atoms with Crippen molar-refractivity contribution < 1.29 is 19.1 Å². The lowest BCUT2D eigenvalue weighted by molar-refractivity contribution is -0.127. The summed E-state index contributed by atoms with van der Waals surface area (Å²) in [6.45, 7) is 6.13. The molecule has 1 aliphatic heterocycles. The molecule has 0 unspecified atom stereocenters. The highest BCUT2D eigenvalue weighted by Crippen LogP contribution is 2.34. The van der Waals surface area contributed by atoms with Gasteiger partial charge in [-0.15, -0.1) is 0 Å². The second-order valence-corrected chi connectivity index (χ2v) is 9.89. The van der Waals surface area contributed by atoms with Gasteiger partial charge in [0, 0.05) is 17.8 Å². The fourth-order valence-electron chi connectivity index (χ4n) is 4.96. The number of hydrogen-bond donors (Lipinski definition) is 1. The molecule has 1 N–H and O–H groups in total. The summed E-state index contributed by atoms with van der Waals surface area (Å²) >= 11 is 0. The molecule has 2 amide bonds. The SMILES string of the molecule is COC(=O)c1cc2n(n1)C[C@](C)(C(=O)NC1CCCCCC1)N(c1ccc(C(C)C)cc1)C2=O. The van der Waals surface area contributed by atoms with Crippen molar-refractivity contribution in [2.45, 2.75) is 83.3 Å². The molecule has 1 aromatic heterocycles. The molecule has 4 rings (SSSR count). The molecule has 0 spiro atoms. The minimum absolute atomic E-state index is 0.0504. The lowest BCUT2D eigenvalue weighted by atomic mass is 9.92. The normalized spacial score (nSPS) is 21.2. The van der Waals surface area contributed by atoms with Crippen LogP contribution in [0.1, 0.15) is 91.8 Å². The molecule has 182 valence electrons. The molecule has 2 aliphatic rings. The number of benzene rings is 1. The molecule has 0 radical (unpaired) electrons. The molecule has 2 aromatic rings. The fraction of sp³-hybridized carbons (Fsp3) is 0.538. The van der Waals surface area contributed by atoms with Crippen molar-refractivity contribution in [2.75, 3.05) is 12.0 Å². The van der Waals surface area contributed by atoms with E-state index in [-0.39, 0.29) is 35.8 Å². The predicted molar refractivity (Wildman–Crippen MR) is 129 cm³/mol. The summed E-state index contributed by atoms with van der Waals surface area (Å²) < 4.78 is 6.25. The van der Waals surface area contributed by atoms with Gasteiger partial charge in [0.1, 0.15) is 11.2 Å². The first-order chi connectivity index (χ1) is 16.2. The largest absolute Gasteiger partial charge is 0.464 e. The van der Waals surface area contributed by atoms with E-state index in [9.17, 15) is 14.4 Å². The topological polar surface area (TPSA) is 93.5 Å². The van der Waals surface area contributed by atoms with Crippen molar-refractivity contribution in [1.82, 2.24) is 15.1 Å². The van der Waals surface area contributed by atoms with Gasteiger partial charge < -0.3 is 10.1 Å². The van der Waals surface area contributed by atoms with Gasteiger partial charge in [-0.2, -0.15) is 5.10 Å². The number of aromatic nitrogens is 2. The van der Waals surface area contributed by atoms with Crippen molar-refractivity contribution in [3.63, 3.8) is 0 Å². The number of ether oxygens (including phenoxy) is 1. The predicted octanol–water partition coefficient (Wildman–Crippen LogP) is 4.05. The van der Waals surface area contributed by atoms with Crippen LogP contribution < -0.4 is 10.2 Å². The monoisotopic (exact) mass is 466 g/mol. The Labute approximate surface area is 200 Å². The van der Waals surface area contributed by atoms with E-state index in [1.807, 2.05) is 24.3 Å². The van der Waals surface area contributed by atoms with E-state index in [2.05, 4.69) is 24.3 Å². The molecule has 1 aromatic carbocycles. The average molecular weight is 467 g/mol. The van der Waals surface area contributed by atoms with E-state index in [4.69, 9.17) is 4.74 Å². The van der Waals surface area contributed by atoms with Crippen molar-refractivity contribution >= 4 is 23.5 Å². The maximum absolute atomic E-state index is 13.8. The molecule has 0 bridgehead atoms. The first-order valence-electron chi connectivity index (χ1n) is 12.2. The van der Waals surface area contributed by atoms with Crippen LogP contribution in [0, 0.1) is 0 Å². The van der Waals surface area contributed by atoms with Gasteiger partial charge in [0.05, 0.1) is 13.7 Å². The molecule has 2 heterocycles. The fourth-order valence-corrected chi connectivity index (χ4v) is 4.96. The zero-order valence-corrected chi connectivity index (χ0v) is 20.5. The Morgan fingerprint density at radius 1 is 1.12 bits per heavy atom. The maximum Gasteiger partial charge on any atom is 0.358 e. The molecule has 1 saturated carbocycles. The molecule has 34 heavy (non-hydrogen) atoms. The summed E-state index contributed by atoms with van der Waals surface area (Å²) in [6.07, 6.45) is 6.43. The van der Waals surface area contributed by atoms with Gasteiger partial charge in [-0.3, -0.25) is 19.2 Å². The zero-order chi connectivity index (χ0) is 24.5. The van der Waals surface area contributed by atoms with Crippen molar-refractivity contribution in [3.05, 3.63) is 47.3 Å². The second kappa shape index (κ2) is 9.60. The first-order valence-corrected chi connectivity index (χ1v) is 12.2. The molecule has 1 atom stereocenters. The van der Waals surface area contributed by atoms with E-state index in [0.29, 0.717) is 11.6 Å². The van der Waals surface area contributed by atoms with Gasteiger partial charge in [0.15, 0.2) is 5.69 Å². The number of carbonyl (C=O) groups is 3. The average Bonchev–Trinajstić information content (AvgIpc) is 3.07. The van der Waals surface area contributed by atoms with Crippen LogP contribution in [0.2, 0.25) is 0 Å². The van der Waals surface area contributed by atoms with Crippen LogP contribution >= 0.6 is 0 Å². The highest BCUT2D eigenvalue weighted by molar-refractivity contribution is 6.12. The van der Waals surface area contributed by atoms with Crippen LogP contribution in [0.4, 0.5) is 5.69 Å². The number of rotatable bonds is 5. The minimum Gasteiger partial charge on any atom is -0.464 e. The summed E-state index contributed by atoms with van der Waals surface area (Å²) in [5.74, 6) is -0.849. The molecule has 8 heteroatoms. The minimum atomic E-state index is -1.21. The number of carbonyl (C=O) groups excluding carboxylic acids is 3. The van der Waals surface area contributed by atoms with Crippen molar-refractivity contribution in [1.29, 1.82) is 0 Å². The number of anilines is 1. The highest BCUT2D eigenvalue weighted by atomic mass is 16.5. The Hall–Kier alpha value is -3.16. The third-order valence-corrected chi connectivity index (χ3v) is 7.05. The van der Waals surface area contributed by atoms with E-state index in [0.717, 1.165) is 31.2 Å². The Balaban J connectivity index is 1.74. The van der Waals surface area contributed by atoms with Crippen LogP contribution in [-0.4, -0.2) is 46.3 Å². The number of hydrogen-bond acceptors (Lipinski definition) is 5. The maximum atomic E-state index is 13.8. The highest BCUT2D eigenvalue weighted by Gasteiger charge is 2.49. The van der Waals surface area contributed by atoms with Gasteiger partial charge in [-0.25, -0.2) is 4.79 Å². The Bertz CT molecular complexity index is 1070. The van der Waals surface area contributed by atoms with Crippen LogP contribution in [0.25, 0.3) is 0 Å². The molecule has 1 aliphatic carbocycles. The lowest BCUT2D eigenvalue weighted by Crippen LogP contribution is -2.65. The Morgan fingerprint density at radius 3 is 2.35 bits per heavy atom. The first kappa shape index (κ1) is 24.0. The number of nitrogens with one attached hydrogen (secondary N) is 1. The van der Waals surface area contributed by atoms with Crippen LogP contribution in [0.5, 0.6) is 0 Å².